The number of nitrogens with zero attached hydrogens (tertiary/aromatic N) is 1. The predicted octanol–water partition coefficient (Wildman–Crippen LogP) is 4.96. The van der Waals surface area contributed by atoms with E-state index in [1.165, 1.54) is 30.3 Å². The van der Waals surface area contributed by atoms with E-state index in [1.54, 1.807) is 6.08 Å². The van der Waals surface area contributed by atoms with Gasteiger partial charge in [-0.15, -0.1) is 0 Å². The summed E-state index contributed by atoms with van der Waals surface area (Å²) >= 11 is 0. The van der Waals surface area contributed by atoms with E-state index in [0.29, 0.717) is 11.5 Å². The minimum absolute atomic E-state index is 0.0343. The van der Waals surface area contributed by atoms with Crippen LogP contribution < -0.4 is 0 Å². The molecule has 0 amide bonds. The Bertz CT molecular complexity index is 620. The van der Waals surface area contributed by atoms with Crippen molar-refractivity contribution in [2.45, 2.75) is 44.6 Å². The van der Waals surface area contributed by atoms with Crippen molar-refractivity contribution >= 4 is 5.97 Å². The van der Waals surface area contributed by atoms with E-state index in [9.17, 15) is 9.18 Å². The van der Waals surface area contributed by atoms with Crippen molar-refractivity contribution in [3.63, 3.8) is 0 Å². The Kier molecular flexibility index (Phi) is 7.22. The van der Waals surface area contributed by atoms with Crippen LogP contribution in [-0.4, -0.2) is 12.1 Å². The molecule has 1 fully saturated rings. The first-order valence-electron chi connectivity index (χ1n) is 8.37. The molecular weight excluding hydrogens is 305 g/mol. The van der Waals surface area contributed by atoms with Gasteiger partial charge in [-0.3, -0.25) is 0 Å². The fraction of sp³-hybridized carbons (Fsp3) is 0.400. The lowest BCUT2D eigenvalue weighted by Gasteiger charge is -2.28. The number of benzene rings is 1. The molecule has 0 N–H and O–H groups in total. The van der Waals surface area contributed by atoms with Gasteiger partial charge >= 0.3 is 5.97 Å². The number of nitriles is 1. The van der Waals surface area contributed by atoms with Gasteiger partial charge in [0.15, 0.2) is 0 Å². The molecule has 0 unspecified atom stereocenters. The van der Waals surface area contributed by atoms with Crippen LogP contribution in [0.25, 0.3) is 0 Å². The van der Waals surface area contributed by atoms with Gasteiger partial charge in [0.25, 0.3) is 0 Å². The smallest absolute Gasteiger partial charge is 0.338 e. The highest BCUT2D eigenvalue weighted by Crippen LogP contribution is 2.30. The largest absolute Gasteiger partial charge is 0.459 e. The molecule has 1 aromatic carbocycles. The number of halogens is 1. The van der Waals surface area contributed by atoms with E-state index in [4.69, 9.17) is 10.00 Å². The Morgan fingerprint density at radius 3 is 2.58 bits per heavy atom. The Morgan fingerprint density at radius 1 is 1.21 bits per heavy atom. The zero-order chi connectivity index (χ0) is 17.2. The Labute approximate surface area is 142 Å². The van der Waals surface area contributed by atoms with Gasteiger partial charge in [0.1, 0.15) is 11.9 Å². The van der Waals surface area contributed by atoms with Crippen molar-refractivity contribution in [3.05, 3.63) is 60.0 Å². The van der Waals surface area contributed by atoms with Crippen LogP contribution >= 0.6 is 0 Å². The van der Waals surface area contributed by atoms with Crippen molar-refractivity contribution in [2.24, 2.45) is 5.92 Å². The number of ether oxygens (including phenoxy) is 1. The number of carbonyl (C=O) groups is 1. The number of allylic oxidation sites excluding steroid dienone is 4. The van der Waals surface area contributed by atoms with E-state index in [1.807, 2.05) is 12.1 Å². The average molecular weight is 327 g/mol. The van der Waals surface area contributed by atoms with Crippen LogP contribution in [0.5, 0.6) is 0 Å². The maximum Gasteiger partial charge on any atom is 0.338 e. The minimum Gasteiger partial charge on any atom is -0.459 e. The molecule has 0 aliphatic heterocycles. The zero-order valence-corrected chi connectivity index (χ0v) is 13.7. The standard InChI is InChI=1S/C20H22FNO2/c21-18-11-9-17(10-12-18)20(23)24-19-13-7-16(8-14-19)6-4-2-1-3-5-15-22/h1-3,5,9-12,16,19H,4,6-8,13-14H2/b2-1+,5-3?. The van der Waals surface area contributed by atoms with Gasteiger partial charge in [-0.1, -0.05) is 18.2 Å². The van der Waals surface area contributed by atoms with Gasteiger partial charge in [0.05, 0.1) is 11.6 Å². The molecule has 2 rings (SSSR count). The first-order chi connectivity index (χ1) is 11.7. The summed E-state index contributed by atoms with van der Waals surface area (Å²) in [5.41, 5.74) is 0.397. The first-order valence-corrected chi connectivity index (χ1v) is 8.37. The van der Waals surface area contributed by atoms with Gasteiger partial charge in [-0.25, -0.2) is 9.18 Å². The Balaban J connectivity index is 1.68. The van der Waals surface area contributed by atoms with Crippen LogP contribution in [-0.2, 0) is 4.74 Å². The topological polar surface area (TPSA) is 50.1 Å². The molecule has 4 heteroatoms. The van der Waals surface area contributed by atoms with Crippen LogP contribution in [0.2, 0.25) is 0 Å². The number of esters is 1. The molecule has 0 aromatic heterocycles. The van der Waals surface area contributed by atoms with Crippen LogP contribution in [0.15, 0.2) is 48.6 Å². The lowest BCUT2D eigenvalue weighted by Crippen LogP contribution is -2.24. The molecule has 0 saturated heterocycles. The number of hydrogen-bond acceptors (Lipinski definition) is 3. The van der Waals surface area contributed by atoms with Crippen molar-refractivity contribution in [1.29, 1.82) is 5.26 Å². The average Bonchev–Trinajstić information content (AvgIpc) is 2.60. The third-order valence-electron chi connectivity index (χ3n) is 4.31. The quantitative estimate of drug-likeness (QED) is 0.421. The highest BCUT2D eigenvalue weighted by Gasteiger charge is 2.23. The van der Waals surface area contributed by atoms with E-state index >= 15 is 0 Å². The fourth-order valence-corrected chi connectivity index (χ4v) is 2.95. The summed E-state index contributed by atoms with van der Waals surface area (Å²) in [5, 5.41) is 8.38. The highest BCUT2D eigenvalue weighted by atomic mass is 19.1. The second kappa shape index (κ2) is 9.67. The van der Waals surface area contributed by atoms with E-state index < -0.39 is 0 Å². The summed E-state index contributed by atoms with van der Waals surface area (Å²) < 4.78 is 18.4. The molecule has 0 radical (unpaired) electrons. The highest BCUT2D eigenvalue weighted by molar-refractivity contribution is 5.89. The second-order valence-corrected chi connectivity index (χ2v) is 6.05. The van der Waals surface area contributed by atoms with Gasteiger partial charge in [0.2, 0.25) is 0 Å². The summed E-state index contributed by atoms with van der Waals surface area (Å²) in [7, 11) is 0. The summed E-state index contributed by atoms with van der Waals surface area (Å²) in [6.07, 6.45) is 13.2. The SMILES string of the molecule is N#CC=C/C=C/CCC1CCC(OC(=O)c2ccc(F)cc2)CC1. The molecule has 0 spiro atoms. The number of rotatable bonds is 6. The second-order valence-electron chi connectivity index (χ2n) is 6.05. The van der Waals surface area contributed by atoms with E-state index in [2.05, 4.69) is 6.08 Å². The maximum absolute atomic E-state index is 12.9. The van der Waals surface area contributed by atoms with Gasteiger partial charge in [-0.05, 0) is 68.7 Å². The maximum atomic E-state index is 12.9. The molecule has 1 aliphatic rings. The van der Waals surface area contributed by atoms with Gasteiger partial charge in [0, 0.05) is 6.08 Å². The van der Waals surface area contributed by atoms with Crippen molar-refractivity contribution in [3.8, 4) is 6.07 Å². The zero-order valence-electron chi connectivity index (χ0n) is 13.7. The Morgan fingerprint density at radius 2 is 1.92 bits per heavy atom. The molecule has 0 atom stereocenters. The summed E-state index contributed by atoms with van der Waals surface area (Å²) in [6.45, 7) is 0. The van der Waals surface area contributed by atoms with Gasteiger partial charge < -0.3 is 4.74 Å². The monoisotopic (exact) mass is 327 g/mol. The van der Waals surface area contributed by atoms with Crippen LogP contribution in [0.4, 0.5) is 4.39 Å². The molecule has 1 aliphatic carbocycles. The Hall–Kier alpha value is -2.41. The number of carbonyl (C=O) groups excluding carboxylic acids is 1. The van der Waals surface area contributed by atoms with Crippen LogP contribution in [0.1, 0.15) is 48.9 Å². The van der Waals surface area contributed by atoms with Crippen molar-refractivity contribution in [1.82, 2.24) is 0 Å². The van der Waals surface area contributed by atoms with Gasteiger partial charge in [-0.2, -0.15) is 5.26 Å². The molecule has 1 saturated carbocycles. The minimum atomic E-state index is -0.370. The van der Waals surface area contributed by atoms with Crippen LogP contribution in [0.3, 0.4) is 0 Å². The third-order valence-corrected chi connectivity index (χ3v) is 4.31. The van der Waals surface area contributed by atoms with E-state index in [-0.39, 0.29) is 17.9 Å². The molecule has 3 nitrogen and oxygen atoms in total. The predicted molar refractivity (Wildman–Crippen MR) is 90.7 cm³/mol. The lowest BCUT2D eigenvalue weighted by molar-refractivity contribution is 0.0162. The first kappa shape index (κ1) is 17.9. The summed E-state index contributed by atoms with van der Waals surface area (Å²) in [5.74, 6) is -0.0646. The van der Waals surface area contributed by atoms with Crippen molar-refractivity contribution < 1.29 is 13.9 Å². The van der Waals surface area contributed by atoms with Crippen molar-refractivity contribution in [2.75, 3.05) is 0 Å². The molecule has 1 aromatic rings. The summed E-state index contributed by atoms with van der Waals surface area (Å²) in [4.78, 5) is 12.0. The fourth-order valence-electron chi connectivity index (χ4n) is 2.95. The molecule has 126 valence electrons. The molecule has 0 bridgehead atoms. The normalized spacial score (nSPS) is 21.0. The van der Waals surface area contributed by atoms with E-state index in [0.717, 1.165) is 38.5 Å². The summed E-state index contributed by atoms with van der Waals surface area (Å²) in [6, 6.07) is 7.40. The molecule has 0 heterocycles. The van der Waals surface area contributed by atoms with Crippen LogP contribution in [0, 0.1) is 23.1 Å². The molecular formula is C20H22FNO2. The lowest BCUT2D eigenvalue weighted by atomic mass is 9.84. The molecule has 24 heavy (non-hydrogen) atoms. The third kappa shape index (κ3) is 6.00. The number of hydrogen-bond donors (Lipinski definition) is 0.